The van der Waals surface area contributed by atoms with Crippen molar-refractivity contribution in [2.45, 2.75) is 66.0 Å². The zero-order valence-corrected chi connectivity index (χ0v) is 16.2. The lowest BCUT2D eigenvalue weighted by molar-refractivity contribution is -0.142. The minimum Gasteiger partial charge on any atom is -0.480 e. The van der Waals surface area contributed by atoms with Crippen LogP contribution in [0.2, 0.25) is 0 Å². The van der Waals surface area contributed by atoms with Gasteiger partial charge in [0, 0.05) is 5.69 Å². The highest BCUT2D eigenvalue weighted by Gasteiger charge is 2.22. The van der Waals surface area contributed by atoms with Crippen molar-refractivity contribution in [1.29, 1.82) is 0 Å². The van der Waals surface area contributed by atoms with E-state index in [2.05, 4.69) is 29.6 Å². The first-order chi connectivity index (χ1) is 12.2. The van der Waals surface area contributed by atoms with E-state index in [0.29, 0.717) is 12.0 Å². The number of aliphatic carboxylic acids is 1. The highest BCUT2D eigenvalue weighted by Crippen LogP contribution is 2.19. The van der Waals surface area contributed by atoms with Crippen LogP contribution in [0.3, 0.4) is 0 Å². The van der Waals surface area contributed by atoms with Gasteiger partial charge in [0.25, 0.3) is 5.91 Å². The second-order valence-electron chi connectivity index (χ2n) is 6.83. The van der Waals surface area contributed by atoms with E-state index in [1.54, 1.807) is 0 Å². The SMILES string of the molecule is CCC(CC)n1ncc(C(=O)NCC(=O)N[C@@H](CC(C)C)C(=O)O)c1C. The molecule has 0 aliphatic carbocycles. The first-order valence-electron chi connectivity index (χ1n) is 9.05. The van der Waals surface area contributed by atoms with E-state index < -0.39 is 23.8 Å². The van der Waals surface area contributed by atoms with Gasteiger partial charge in [-0.2, -0.15) is 5.10 Å². The summed E-state index contributed by atoms with van der Waals surface area (Å²) < 4.78 is 1.83. The number of hydrogen-bond donors (Lipinski definition) is 3. The molecule has 0 radical (unpaired) electrons. The van der Waals surface area contributed by atoms with Gasteiger partial charge in [0.1, 0.15) is 6.04 Å². The van der Waals surface area contributed by atoms with Gasteiger partial charge in [-0.05, 0) is 32.1 Å². The van der Waals surface area contributed by atoms with Gasteiger partial charge < -0.3 is 15.7 Å². The molecular formula is C18H30N4O4. The van der Waals surface area contributed by atoms with Crippen molar-refractivity contribution < 1.29 is 19.5 Å². The Hall–Kier alpha value is -2.38. The standard InChI is InChI=1S/C18H30N4O4/c1-6-13(7-2)22-12(5)14(9-20-22)17(24)19-10-16(23)21-15(18(25)26)8-11(3)4/h9,11,13,15H,6-8,10H2,1-5H3,(H,19,24)(H,21,23)(H,25,26)/t15-/m0/s1. The van der Waals surface area contributed by atoms with Crippen LogP contribution in [0.5, 0.6) is 0 Å². The molecular weight excluding hydrogens is 336 g/mol. The normalized spacial score (nSPS) is 12.3. The van der Waals surface area contributed by atoms with Crippen LogP contribution in [0.4, 0.5) is 0 Å². The molecule has 0 aliphatic rings. The van der Waals surface area contributed by atoms with Gasteiger partial charge >= 0.3 is 5.97 Å². The van der Waals surface area contributed by atoms with Crippen LogP contribution in [0.25, 0.3) is 0 Å². The molecule has 1 aromatic rings. The minimum absolute atomic E-state index is 0.129. The van der Waals surface area contributed by atoms with Crippen molar-refractivity contribution in [1.82, 2.24) is 20.4 Å². The molecule has 1 aromatic heterocycles. The molecule has 146 valence electrons. The first-order valence-corrected chi connectivity index (χ1v) is 9.05. The molecule has 0 saturated carbocycles. The molecule has 1 atom stereocenters. The Morgan fingerprint density at radius 1 is 1.23 bits per heavy atom. The van der Waals surface area contributed by atoms with Crippen molar-refractivity contribution in [3.05, 3.63) is 17.5 Å². The monoisotopic (exact) mass is 366 g/mol. The van der Waals surface area contributed by atoms with E-state index in [1.165, 1.54) is 6.20 Å². The zero-order chi connectivity index (χ0) is 19.9. The van der Waals surface area contributed by atoms with Crippen LogP contribution in [0.15, 0.2) is 6.20 Å². The quantitative estimate of drug-likeness (QED) is 0.585. The summed E-state index contributed by atoms with van der Waals surface area (Å²) in [5, 5.41) is 18.4. The van der Waals surface area contributed by atoms with E-state index in [-0.39, 0.29) is 18.5 Å². The van der Waals surface area contributed by atoms with Crippen molar-refractivity contribution >= 4 is 17.8 Å². The molecule has 1 rings (SSSR count). The Kier molecular flexibility index (Phi) is 8.28. The van der Waals surface area contributed by atoms with Crippen molar-refractivity contribution in [2.75, 3.05) is 6.54 Å². The Balaban J connectivity index is 2.66. The molecule has 0 unspecified atom stereocenters. The van der Waals surface area contributed by atoms with Crippen LogP contribution in [-0.4, -0.2) is 45.3 Å². The number of aromatic nitrogens is 2. The summed E-state index contributed by atoms with van der Waals surface area (Å²) in [6.07, 6.45) is 3.65. The fraction of sp³-hybridized carbons (Fsp3) is 0.667. The van der Waals surface area contributed by atoms with Crippen LogP contribution in [0, 0.1) is 12.8 Å². The highest BCUT2D eigenvalue weighted by molar-refractivity contribution is 5.97. The lowest BCUT2D eigenvalue weighted by Gasteiger charge is -2.17. The fourth-order valence-electron chi connectivity index (χ4n) is 2.84. The number of nitrogens with zero attached hydrogens (tertiary/aromatic N) is 2. The summed E-state index contributed by atoms with van der Waals surface area (Å²) in [6.45, 7) is 9.43. The second kappa shape index (κ2) is 9.94. The molecule has 3 N–H and O–H groups in total. The zero-order valence-electron chi connectivity index (χ0n) is 16.2. The second-order valence-corrected chi connectivity index (χ2v) is 6.83. The molecule has 0 spiro atoms. The predicted molar refractivity (Wildman–Crippen MR) is 97.9 cm³/mol. The molecule has 0 bridgehead atoms. The number of nitrogens with one attached hydrogen (secondary N) is 2. The summed E-state index contributed by atoms with van der Waals surface area (Å²) in [6, 6.07) is -0.731. The number of carboxylic acids is 1. The van der Waals surface area contributed by atoms with Crippen LogP contribution >= 0.6 is 0 Å². The maximum atomic E-state index is 12.3. The van der Waals surface area contributed by atoms with E-state index in [1.807, 2.05) is 25.5 Å². The largest absolute Gasteiger partial charge is 0.480 e. The van der Waals surface area contributed by atoms with E-state index in [4.69, 9.17) is 5.11 Å². The van der Waals surface area contributed by atoms with Gasteiger partial charge in [0.05, 0.1) is 24.3 Å². The summed E-state index contributed by atoms with van der Waals surface area (Å²) in [7, 11) is 0. The summed E-state index contributed by atoms with van der Waals surface area (Å²) in [5.74, 6) is -1.88. The van der Waals surface area contributed by atoms with Gasteiger partial charge in [-0.1, -0.05) is 27.7 Å². The Morgan fingerprint density at radius 3 is 2.35 bits per heavy atom. The van der Waals surface area contributed by atoms with Gasteiger partial charge in [0.2, 0.25) is 5.91 Å². The van der Waals surface area contributed by atoms with E-state index in [0.717, 1.165) is 18.5 Å². The van der Waals surface area contributed by atoms with Gasteiger partial charge in [-0.3, -0.25) is 14.3 Å². The molecule has 2 amide bonds. The smallest absolute Gasteiger partial charge is 0.326 e. The molecule has 8 heteroatoms. The third-order valence-corrected chi connectivity index (χ3v) is 4.33. The molecule has 0 fully saturated rings. The van der Waals surface area contributed by atoms with Gasteiger partial charge in [0.15, 0.2) is 0 Å². The number of rotatable bonds is 10. The lowest BCUT2D eigenvalue weighted by Crippen LogP contribution is -2.46. The molecule has 0 saturated heterocycles. The molecule has 1 heterocycles. The third kappa shape index (κ3) is 5.86. The average Bonchev–Trinajstić information content (AvgIpc) is 2.94. The van der Waals surface area contributed by atoms with Crippen molar-refractivity contribution in [3.63, 3.8) is 0 Å². The van der Waals surface area contributed by atoms with Crippen LogP contribution in [-0.2, 0) is 9.59 Å². The van der Waals surface area contributed by atoms with Crippen molar-refractivity contribution in [2.24, 2.45) is 5.92 Å². The Morgan fingerprint density at radius 2 is 1.85 bits per heavy atom. The Bertz CT molecular complexity index is 635. The molecule has 0 aromatic carbocycles. The summed E-state index contributed by atoms with van der Waals surface area (Å²) in [4.78, 5) is 35.5. The number of carbonyl (C=O) groups excluding carboxylic acids is 2. The first kappa shape index (κ1) is 21.7. The number of amides is 2. The summed E-state index contributed by atoms with van der Waals surface area (Å²) >= 11 is 0. The number of carboxylic acid groups (broad SMARTS) is 1. The van der Waals surface area contributed by atoms with E-state index in [9.17, 15) is 14.4 Å². The van der Waals surface area contributed by atoms with Crippen molar-refractivity contribution in [3.8, 4) is 0 Å². The molecule has 8 nitrogen and oxygen atoms in total. The summed E-state index contributed by atoms with van der Waals surface area (Å²) in [5.41, 5.74) is 1.17. The third-order valence-electron chi connectivity index (χ3n) is 4.33. The fourth-order valence-corrected chi connectivity index (χ4v) is 2.84. The maximum absolute atomic E-state index is 12.3. The van der Waals surface area contributed by atoms with E-state index >= 15 is 0 Å². The molecule has 26 heavy (non-hydrogen) atoms. The van der Waals surface area contributed by atoms with Crippen LogP contribution in [0.1, 0.15) is 69.1 Å². The average molecular weight is 366 g/mol. The number of carbonyl (C=O) groups is 3. The predicted octanol–water partition coefficient (Wildman–Crippen LogP) is 1.90. The Labute approximate surface area is 154 Å². The highest BCUT2D eigenvalue weighted by atomic mass is 16.4. The molecule has 0 aliphatic heterocycles. The minimum atomic E-state index is -1.08. The topological polar surface area (TPSA) is 113 Å². The van der Waals surface area contributed by atoms with Gasteiger partial charge in [-0.15, -0.1) is 0 Å². The van der Waals surface area contributed by atoms with Gasteiger partial charge in [-0.25, -0.2) is 4.79 Å². The van der Waals surface area contributed by atoms with Crippen LogP contribution < -0.4 is 10.6 Å². The maximum Gasteiger partial charge on any atom is 0.326 e. The lowest BCUT2D eigenvalue weighted by atomic mass is 10.0. The number of hydrogen-bond acceptors (Lipinski definition) is 4.